The number of piperazine rings is 1. The zero-order valence-corrected chi connectivity index (χ0v) is 23.5. The average Bonchev–Trinajstić information content (AvgIpc) is 2.99. The Morgan fingerprint density at radius 1 is 1.00 bits per heavy atom. The first-order valence-corrected chi connectivity index (χ1v) is 14.3. The Kier molecular flexibility index (Phi) is 8.06. The van der Waals surface area contributed by atoms with Crippen LogP contribution in [0.1, 0.15) is 6.92 Å². The second kappa shape index (κ2) is 11.9. The number of nitrogens with zero attached hydrogens (tertiary/aromatic N) is 6. The van der Waals surface area contributed by atoms with E-state index in [1.165, 1.54) is 57.0 Å². The summed E-state index contributed by atoms with van der Waals surface area (Å²) in [5.74, 6) is -0.726. The molecule has 0 saturated carbocycles. The number of aromatic nitrogens is 4. The summed E-state index contributed by atoms with van der Waals surface area (Å²) in [5, 5.41) is 0.00128. The van der Waals surface area contributed by atoms with Gasteiger partial charge in [0.05, 0.1) is 12.6 Å². The normalized spacial score (nSPS) is 13.9. The number of carbonyl (C=O) groups is 2. The number of fused-ring (bicyclic) bond motifs is 1. The lowest BCUT2D eigenvalue weighted by Gasteiger charge is -2.35. The lowest BCUT2D eigenvalue weighted by molar-refractivity contribution is -0.126. The number of hydrogen-bond donors (Lipinski definition) is 1. The van der Waals surface area contributed by atoms with Gasteiger partial charge in [0, 0.05) is 55.6 Å². The van der Waals surface area contributed by atoms with Crippen LogP contribution in [-0.2, 0) is 19.6 Å². The Balaban J connectivity index is 1.43. The molecule has 42 heavy (non-hydrogen) atoms. The summed E-state index contributed by atoms with van der Waals surface area (Å²) in [6.45, 7) is 3.34. The van der Waals surface area contributed by atoms with Crippen molar-refractivity contribution in [3.05, 3.63) is 73.1 Å². The predicted molar refractivity (Wildman–Crippen MR) is 153 cm³/mol. The number of methoxy groups -OCH3 is 1. The molecule has 0 radical (unpaired) electrons. The number of hydrogen-bond acceptors (Lipinski definition) is 10. The van der Waals surface area contributed by atoms with Gasteiger partial charge < -0.3 is 14.5 Å². The van der Waals surface area contributed by atoms with E-state index in [9.17, 15) is 22.4 Å². The second-order valence-electron chi connectivity index (χ2n) is 9.36. The molecule has 1 fully saturated rings. The number of benzene rings is 1. The van der Waals surface area contributed by atoms with Crippen LogP contribution in [0.3, 0.4) is 0 Å². The highest BCUT2D eigenvalue weighted by Crippen LogP contribution is 2.33. The molecule has 0 aliphatic carbocycles. The fourth-order valence-electron chi connectivity index (χ4n) is 4.52. The first-order chi connectivity index (χ1) is 20.2. The van der Waals surface area contributed by atoms with Crippen molar-refractivity contribution in [2.24, 2.45) is 0 Å². The largest absolute Gasteiger partial charge is 0.480 e. The summed E-state index contributed by atoms with van der Waals surface area (Å²) in [4.78, 5) is 44.1. The molecule has 1 amide bonds. The number of rotatable bonds is 8. The minimum absolute atomic E-state index is 0.00398. The molecule has 216 valence electrons. The number of pyridine rings is 2. The Hall–Kier alpha value is -4.98. The Morgan fingerprint density at radius 3 is 2.50 bits per heavy atom. The van der Waals surface area contributed by atoms with Gasteiger partial charge in [0.25, 0.3) is 10.0 Å². The molecule has 14 heteroatoms. The number of allylic oxidation sites excluding steroid dienone is 1. The molecule has 5 rings (SSSR count). The van der Waals surface area contributed by atoms with Gasteiger partial charge >= 0.3 is 0 Å². The third-order valence-corrected chi connectivity index (χ3v) is 7.87. The lowest BCUT2D eigenvalue weighted by Crippen LogP contribution is -2.48. The third-order valence-electron chi connectivity index (χ3n) is 6.57. The molecular weight excluding hydrogens is 565 g/mol. The molecular formula is C28H26FN7O5S. The van der Waals surface area contributed by atoms with E-state index in [0.717, 1.165) is 11.5 Å². The third kappa shape index (κ3) is 6.02. The first kappa shape index (κ1) is 28.5. The van der Waals surface area contributed by atoms with Gasteiger partial charge in [-0.05, 0) is 48.9 Å². The van der Waals surface area contributed by atoms with Gasteiger partial charge in [-0.3, -0.25) is 14.3 Å². The van der Waals surface area contributed by atoms with Crippen molar-refractivity contribution in [2.75, 3.05) is 42.9 Å². The Bertz CT molecular complexity index is 1810. The van der Waals surface area contributed by atoms with E-state index >= 15 is 0 Å². The SMILES string of the molecule is COc1ncc(-c2ccc3ncnc(N4CCN(C(=O)C=CC(C)=O)CC4)c3c2)cc1NS(=O)(=O)c1ncccc1F. The van der Waals surface area contributed by atoms with Crippen LogP contribution in [-0.4, -0.2) is 78.2 Å². The van der Waals surface area contributed by atoms with Crippen molar-refractivity contribution in [2.45, 2.75) is 11.9 Å². The summed E-state index contributed by atoms with van der Waals surface area (Å²) in [7, 11) is -3.04. The number of ether oxygens (including phenoxy) is 1. The number of nitrogens with one attached hydrogen (secondary N) is 1. The molecule has 1 N–H and O–H groups in total. The zero-order valence-electron chi connectivity index (χ0n) is 22.7. The van der Waals surface area contributed by atoms with Crippen LogP contribution in [0.5, 0.6) is 5.88 Å². The zero-order chi connectivity index (χ0) is 29.9. The molecule has 1 saturated heterocycles. The van der Waals surface area contributed by atoms with Crippen molar-refractivity contribution >= 4 is 44.1 Å². The van der Waals surface area contributed by atoms with Crippen LogP contribution in [0.15, 0.2) is 72.3 Å². The molecule has 12 nitrogen and oxygen atoms in total. The molecule has 0 spiro atoms. The van der Waals surface area contributed by atoms with Crippen LogP contribution in [0.25, 0.3) is 22.0 Å². The molecule has 3 aromatic heterocycles. The lowest BCUT2D eigenvalue weighted by atomic mass is 10.0. The van der Waals surface area contributed by atoms with E-state index in [1.54, 1.807) is 4.90 Å². The van der Waals surface area contributed by atoms with Crippen molar-refractivity contribution in [3.63, 3.8) is 0 Å². The summed E-state index contributed by atoms with van der Waals surface area (Å²) in [6, 6.07) is 9.34. The first-order valence-electron chi connectivity index (χ1n) is 12.8. The maximum Gasteiger partial charge on any atom is 0.282 e. The summed E-state index contributed by atoms with van der Waals surface area (Å²) < 4.78 is 47.6. The van der Waals surface area contributed by atoms with Crippen LogP contribution in [0.4, 0.5) is 15.9 Å². The van der Waals surface area contributed by atoms with Crippen molar-refractivity contribution < 1.29 is 27.1 Å². The standard InChI is InChI=1S/C28H26FN7O5S/c1-18(37)5-8-25(38)35-10-12-36(13-11-35)26-21-14-19(6-7-23(21)32-17-33-26)20-15-24(27(41-2)31-16-20)34-42(39,40)28-22(29)4-3-9-30-28/h3-9,14-17,34H,10-13H2,1-2H3. The van der Waals surface area contributed by atoms with Gasteiger partial charge in [-0.1, -0.05) is 6.07 Å². The highest BCUT2D eigenvalue weighted by molar-refractivity contribution is 7.92. The fraction of sp³-hybridized carbons (Fsp3) is 0.214. The van der Waals surface area contributed by atoms with E-state index in [1.807, 2.05) is 18.2 Å². The van der Waals surface area contributed by atoms with Gasteiger partial charge in [-0.2, -0.15) is 8.42 Å². The summed E-state index contributed by atoms with van der Waals surface area (Å²) in [5.41, 5.74) is 1.95. The van der Waals surface area contributed by atoms with Crippen LogP contribution >= 0.6 is 0 Å². The van der Waals surface area contributed by atoms with Gasteiger partial charge in [0.15, 0.2) is 11.6 Å². The van der Waals surface area contributed by atoms with E-state index < -0.39 is 20.9 Å². The Morgan fingerprint density at radius 2 is 1.79 bits per heavy atom. The minimum atomic E-state index is -4.38. The summed E-state index contributed by atoms with van der Waals surface area (Å²) in [6.07, 6.45) is 6.73. The Labute approximate surface area is 240 Å². The van der Waals surface area contributed by atoms with Gasteiger partial charge in [0.2, 0.25) is 16.8 Å². The van der Waals surface area contributed by atoms with E-state index in [2.05, 4.69) is 29.6 Å². The molecule has 1 aromatic carbocycles. The minimum Gasteiger partial charge on any atom is -0.480 e. The molecule has 0 atom stereocenters. The number of anilines is 2. The van der Waals surface area contributed by atoms with E-state index in [4.69, 9.17) is 4.74 Å². The van der Waals surface area contributed by atoms with Gasteiger partial charge in [0.1, 0.15) is 17.8 Å². The molecule has 0 bridgehead atoms. The quantitative estimate of drug-likeness (QED) is 0.303. The number of sulfonamides is 1. The smallest absolute Gasteiger partial charge is 0.282 e. The number of halogens is 1. The monoisotopic (exact) mass is 591 g/mol. The van der Waals surface area contributed by atoms with Crippen LogP contribution in [0, 0.1) is 5.82 Å². The molecule has 1 aliphatic heterocycles. The highest BCUT2D eigenvalue weighted by atomic mass is 32.2. The maximum atomic E-state index is 14.2. The summed E-state index contributed by atoms with van der Waals surface area (Å²) >= 11 is 0. The second-order valence-corrected chi connectivity index (χ2v) is 11.0. The molecule has 4 heterocycles. The number of carbonyl (C=O) groups excluding carboxylic acids is 2. The predicted octanol–water partition coefficient (Wildman–Crippen LogP) is 2.83. The van der Waals surface area contributed by atoms with Crippen molar-refractivity contribution in [1.29, 1.82) is 0 Å². The fourth-order valence-corrected chi connectivity index (χ4v) is 5.57. The van der Waals surface area contributed by atoms with Crippen LogP contribution in [0.2, 0.25) is 0 Å². The average molecular weight is 592 g/mol. The maximum absolute atomic E-state index is 14.2. The van der Waals surface area contributed by atoms with Crippen molar-refractivity contribution in [1.82, 2.24) is 24.8 Å². The number of amides is 1. The molecule has 0 unspecified atom stereocenters. The number of ketones is 1. The van der Waals surface area contributed by atoms with E-state index in [0.29, 0.717) is 48.6 Å². The highest BCUT2D eigenvalue weighted by Gasteiger charge is 2.24. The van der Waals surface area contributed by atoms with E-state index in [-0.39, 0.29) is 23.3 Å². The molecule has 1 aliphatic rings. The van der Waals surface area contributed by atoms with Gasteiger partial charge in [-0.15, -0.1) is 0 Å². The van der Waals surface area contributed by atoms with Crippen LogP contribution < -0.4 is 14.4 Å². The topological polar surface area (TPSA) is 148 Å². The van der Waals surface area contributed by atoms with Gasteiger partial charge in [-0.25, -0.2) is 24.3 Å². The van der Waals surface area contributed by atoms with Crippen molar-refractivity contribution in [3.8, 4) is 17.0 Å². The molecule has 4 aromatic rings.